The number of halogens is 1. The molecule has 4 nitrogen and oxygen atoms in total. The molecule has 0 aliphatic rings. The molecule has 0 spiro atoms. The van der Waals surface area contributed by atoms with E-state index >= 15 is 0 Å². The van der Waals surface area contributed by atoms with Gasteiger partial charge in [-0.05, 0) is 25.1 Å². The van der Waals surface area contributed by atoms with Gasteiger partial charge in [-0.15, -0.1) is 11.3 Å². The van der Waals surface area contributed by atoms with E-state index in [1.54, 1.807) is 35.5 Å². The third-order valence-corrected chi connectivity index (χ3v) is 4.87. The molecule has 0 radical (unpaired) electrons. The van der Waals surface area contributed by atoms with Crippen LogP contribution < -0.4 is 0 Å². The lowest BCUT2D eigenvalue weighted by molar-refractivity contribution is 0.0737. The van der Waals surface area contributed by atoms with Crippen LogP contribution >= 0.6 is 22.9 Å². The maximum atomic E-state index is 12.4. The summed E-state index contributed by atoms with van der Waals surface area (Å²) in [6.45, 7) is 1.97. The summed E-state index contributed by atoms with van der Waals surface area (Å²) in [6.07, 6.45) is 1.60. The predicted molar refractivity (Wildman–Crippen MR) is 85.9 cm³/mol. The minimum atomic E-state index is -0.103. The van der Waals surface area contributed by atoms with Crippen molar-refractivity contribution < 1.29 is 4.79 Å². The van der Waals surface area contributed by atoms with Gasteiger partial charge in [-0.3, -0.25) is 4.79 Å². The minimum Gasteiger partial charge on any atom is -0.356 e. The average molecular weight is 320 g/mol. The van der Waals surface area contributed by atoms with Gasteiger partial charge in [0.05, 0.1) is 21.3 Å². The maximum absolute atomic E-state index is 12.4. The van der Waals surface area contributed by atoms with E-state index < -0.39 is 0 Å². The molecule has 2 heterocycles. The Morgan fingerprint density at radius 2 is 2.19 bits per heavy atom. The van der Waals surface area contributed by atoms with Gasteiger partial charge in [0.1, 0.15) is 10.7 Å². The molecule has 21 heavy (non-hydrogen) atoms. The second-order valence-corrected chi connectivity index (χ2v) is 6.34. The molecule has 1 atom stereocenters. The average Bonchev–Trinajstić information content (AvgIpc) is 3.10. The monoisotopic (exact) mass is 319 g/mol. The Hall–Kier alpha value is -1.85. The van der Waals surface area contributed by atoms with Gasteiger partial charge in [0.15, 0.2) is 0 Å². The van der Waals surface area contributed by atoms with E-state index in [0.717, 1.165) is 15.2 Å². The second-order valence-electron chi connectivity index (χ2n) is 4.84. The number of nitrogens with zero attached hydrogens (tertiary/aromatic N) is 2. The van der Waals surface area contributed by atoms with Gasteiger partial charge in [0.25, 0.3) is 5.91 Å². The summed E-state index contributed by atoms with van der Waals surface area (Å²) in [4.78, 5) is 21.5. The lowest BCUT2D eigenvalue weighted by Crippen LogP contribution is -2.29. The standard InChI is InChI=1S/C15H14ClN3OS/c1-9(14-18-11-5-3-4-6-13(11)21-14)19(2)15(20)12-7-10(16)8-17-12/h3-9,17H,1-2H3/t9-/m0/s1. The van der Waals surface area contributed by atoms with Crippen molar-refractivity contribution >= 4 is 39.1 Å². The molecule has 0 aliphatic carbocycles. The highest BCUT2D eigenvalue weighted by molar-refractivity contribution is 7.18. The van der Waals surface area contributed by atoms with Crippen LogP contribution in [-0.2, 0) is 0 Å². The lowest BCUT2D eigenvalue weighted by atomic mass is 10.2. The molecule has 1 aromatic carbocycles. The summed E-state index contributed by atoms with van der Waals surface area (Å²) in [7, 11) is 1.77. The summed E-state index contributed by atoms with van der Waals surface area (Å²) >= 11 is 7.46. The summed E-state index contributed by atoms with van der Waals surface area (Å²) < 4.78 is 1.13. The zero-order valence-corrected chi connectivity index (χ0v) is 13.2. The Morgan fingerprint density at radius 1 is 1.43 bits per heavy atom. The van der Waals surface area contributed by atoms with Crippen molar-refractivity contribution in [2.24, 2.45) is 0 Å². The van der Waals surface area contributed by atoms with Crippen molar-refractivity contribution in [2.75, 3.05) is 7.05 Å². The second kappa shape index (κ2) is 5.50. The molecule has 0 saturated heterocycles. The first-order valence-electron chi connectivity index (χ1n) is 6.53. The molecule has 6 heteroatoms. The van der Waals surface area contributed by atoms with Crippen LogP contribution in [0.3, 0.4) is 0 Å². The maximum Gasteiger partial charge on any atom is 0.270 e. The highest BCUT2D eigenvalue weighted by Crippen LogP contribution is 2.29. The molecule has 108 valence electrons. The Labute approximate surface area is 131 Å². The van der Waals surface area contributed by atoms with E-state index in [1.807, 2.05) is 31.2 Å². The number of thiazole rings is 1. The van der Waals surface area contributed by atoms with Crippen LogP contribution in [0, 0.1) is 0 Å². The van der Waals surface area contributed by atoms with E-state index in [4.69, 9.17) is 11.6 Å². The summed E-state index contributed by atoms with van der Waals surface area (Å²) in [5.74, 6) is -0.103. The number of amides is 1. The van der Waals surface area contributed by atoms with Crippen molar-refractivity contribution in [3.8, 4) is 0 Å². The fourth-order valence-electron chi connectivity index (χ4n) is 2.09. The van der Waals surface area contributed by atoms with Crippen LogP contribution in [-0.4, -0.2) is 27.8 Å². The van der Waals surface area contributed by atoms with Crippen LogP contribution in [0.1, 0.15) is 28.5 Å². The van der Waals surface area contributed by atoms with Crippen LogP contribution in [0.25, 0.3) is 10.2 Å². The number of rotatable bonds is 3. The number of carbonyl (C=O) groups excluding carboxylic acids is 1. The Kier molecular flexibility index (Phi) is 3.69. The van der Waals surface area contributed by atoms with E-state index in [-0.39, 0.29) is 11.9 Å². The zero-order valence-electron chi connectivity index (χ0n) is 11.6. The van der Waals surface area contributed by atoms with Gasteiger partial charge in [-0.1, -0.05) is 23.7 Å². The van der Waals surface area contributed by atoms with E-state index in [9.17, 15) is 4.79 Å². The number of H-pyrrole nitrogens is 1. The number of fused-ring (bicyclic) bond motifs is 1. The van der Waals surface area contributed by atoms with Gasteiger partial charge in [-0.2, -0.15) is 0 Å². The molecule has 1 N–H and O–H groups in total. The van der Waals surface area contributed by atoms with Crippen LogP contribution in [0.15, 0.2) is 36.5 Å². The summed E-state index contributed by atoms with van der Waals surface area (Å²) in [5, 5.41) is 1.45. The molecule has 2 aromatic heterocycles. The zero-order chi connectivity index (χ0) is 15.0. The van der Waals surface area contributed by atoms with Crippen molar-refractivity contribution in [1.29, 1.82) is 0 Å². The van der Waals surface area contributed by atoms with Gasteiger partial charge in [-0.25, -0.2) is 4.98 Å². The van der Waals surface area contributed by atoms with Crippen molar-refractivity contribution in [3.05, 3.63) is 52.3 Å². The molecule has 0 unspecified atom stereocenters. The number of benzene rings is 1. The van der Waals surface area contributed by atoms with Crippen LogP contribution in [0.4, 0.5) is 0 Å². The third-order valence-electron chi connectivity index (χ3n) is 3.45. The van der Waals surface area contributed by atoms with Gasteiger partial charge < -0.3 is 9.88 Å². The van der Waals surface area contributed by atoms with Crippen molar-refractivity contribution in [1.82, 2.24) is 14.9 Å². The number of hydrogen-bond donors (Lipinski definition) is 1. The normalized spacial score (nSPS) is 12.5. The van der Waals surface area contributed by atoms with Crippen molar-refractivity contribution in [3.63, 3.8) is 0 Å². The Bertz CT molecular complexity index is 762. The number of carbonyl (C=O) groups is 1. The van der Waals surface area contributed by atoms with Gasteiger partial charge in [0, 0.05) is 13.2 Å². The molecule has 3 rings (SSSR count). The molecule has 0 bridgehead atoms. The molecule has 3 aromatic rings. The summed E-state index contributed by atoms with van der Waals surface area (Å²) in [6, 6.07) is 9.50. The van der Waals surface area contributed by atoms with Gasteiger partial charge in [0.2, 0.25) is 0 Å². The first-order chi connectivity index (χ1) is 10.1. The Balaban J connectivity index is 1.86. The number of nitrogens with one attached hydrogen (secondary N) is 1. The fourth-order valence-corrected chi connectivity index (χ4v) is 3.32. The van der Waals surface area contributed by atoms with Gasteiger partial charge >= 0.3 is 0 Å². The van der Waals surface area contributed by atoms with Crippen LogP contribution in [0.2, 0.25) is 5.02 Å². The van der Waals surface area contributed by atoms with E-state index in [0.29, 0.717) is 10.7 Å². The highest BCUT2D eigenvalue weighted by Gasteiger charge is 2.22. The third kappa shape index (κ3) is 2.66. The topological polar surface area (TPSA) is 49.0 Å². The predicted octanol–water partition coefficient (Wildman–Crippen LogP) is 4.11. The summed E-state index contributed by atoms with van der Waals surface area (Å²) in [5.41, 5.74) is 1.45. The quantitative estimate of drug-likeness (QED) is 0.789. The molecule has 0 fully saturated rings. The Morgan fingerprint density at radius 3 is 2.86 bits per heavy atom. The smallest absolute Gasteiger partial charge is 0.270 e. The largest absolute Gasteiger partial charge is 0.356 e. The first kappa shape index (κ1) is 14.1. The molecular weight excluding hydrogens is 306 g/mol. The molecule has 1 amide bonds. The van der Waals surface area contributed by atoms with E-state index in [1.165, 1.54) is 0 Å². The first-order valence-corrected chi connectivity index (χ1v) is 7.72. The van der Waals surface area contributed by atoms with Crippen molar-refractivity contribution in [2.45, 2.75) is 13.0 Å². The molecular formula is C15H14ClN3OS. The molecule has 0 saturated carbocycles. The fraction of sp³-hybridized carbons (Fsp3) is 0.200. The minimum absolute atomic E-state index is 0.100. The number of hydrogen-bond acceptors (Lipinski definition) is 3. The SMILES string of the molecule is C[C@@H](c1nc2ccccc2s1)N(C)C(=O)c1cc(Cl)c[nH]1. The highest BCUT2D eigenvalue weighted by atomic mass is 35.5. The lowest BCUT2D eigenvalue weighted by Gasteiger charge is -2.22. The van der Waals surface area contributed by atoms with E-state index in [2.05, 4.69) is 9.97 Å². The number of aromatic nitrogens is 2. The van der Waals surface area contributed by atoms with Crippen LogP contribution in [0.5, 0.6) is 0 Å². The molecule has 0 aliphatic heterocycles. The number of aromatic amines is 1. The number of para-hydroxylation sites is 1.